The fourth-order valence-electron chi connectivity index (χ4n) is 3.45. The van der Waals surface area contributed by atoms with Crippen molar-refractivity contribution in [1.29, 1.82) is 0 Å². The first kappa shape index (κ1) is 17.1. The number of hydrogen-bond donors (Lipinski definition) is 2. The number of likely N-dealkylation sites (tertiary alicyclic amines) is 1. The third-order valence-corrected chi connectivity index (χ3v) is 5.47. The lowest BCUT2D eigenvalue weighted by atomic mass is 9.98. The summed E-state index contributed by atoms with van der Waals surface area (Å²) in [6.45, 7) is 5.88. The van der Waals surface area contributed by atoms with E-state index in [2.05, 4.69) is 36.4 Å². The minimum atomic E-state index is 0.298. The zero-order valence-corrected chi connectivity index (χ0v) is 15.9. The van der Waals surface area contributed by atoms with E-state index in [1.165, 1.54) is 12.8 Å². The van der Waals surface area contributed by atoms with E-state index in [4.69, 9.17) is 4.98 Å². The molecule has 0 aromatic carbocycles. The molecule has 26 heavy (non-hydrogen) atoms. The number of nitrogens with one attached hydrogen (secondary N) is 2. The molecule has 0 aliphatic carbocycles. The van der Waals surface area contributed by atoms with Crippen molar-refractivity contribution in [3.05, 3.63) is 46.6 Å². The summed E-state index contributed by atoms with van der Waals surface area (Å²) in [6, 6.07) is 4.40. The quantitative estimate of drug-likeness (QED) is 0.713. The summed E-state index contributed by atoms with van der Waals surface area (Å²) in [5, 5.41) is 13.4. The van der Waals surface area contributed by atoms with Crippen LogP contribution in [0.5, 0.6) is 0 Å². The van der Waals surface area contributed by atoms with Crippen LogP contribution < -0.4 is 5.32 Å². The van der Waals surface area contributed by atoms with Gasteiger partial charge in [0, 0.05) is 29.9 Å². The van der Waals surface area contributed by atoms with Crippen molar-refractivity contribution in [2.75, 3.05) is 11.9 Å². The molecule has 1 atom stereocenters. The van der Waals surface area contributed by atoms with Gasteiger partial charge < -0.3 is 5.32 Å². The predicted molar refractivity (Wildman–Crippen MR) is 102 cm³/mol. The molecule has 3 aromatic heterocycles. The standard InChI is InChI=1S/C18H23N7S/c1-12-11-26-18(20-12)23-17-9-15(21-13(2)22-17)16-5-3-4-8-25(16)10-14-6-7-19-24-14/h6-7,9,11,16H,3-5,8,10H2,1-2H3,(H,19,24)(H,20,21,22,23). The number of nitrogens with zero attached hydrogens (tertiary/aromatic N) is 5. The second-order valence-electron chi connectivity index (χ2n) is 6.71. The molecule has 0 saturated carbocycles. The first-order valence-electron chi connectivity index (χ1n) is 8.94. The average Bonchev–Trinajstić information content (AvgIpc) is 3.27. The SMILES string of the molecule is Cc1csc(Nc2cc(C3CCCCN3Cc3ccn[nH]3)nc(C)n2)n1. The van der Waals surface area contributed by atoms with Gasteiger partial charge in [-0.3, -0.25) is 10.00 Å². The lowest BCUT2D eigenvalue weighted by Gasteiger charge is -2.35. The average molecular weight is 369 g/mol. The van der Waals surface area contributed by atoms with Crippen LogP contribution >= 0.6 is 11.3 Å². The van der Waals surface area contributed by atoms with Gasteiger partial charge in [0.05, 0.1) is 17.4 Å². The molecule has 0 radical (unpaired) electrons. The van der Waals surface area contributed by atoms with Crippen LogP contribution in [0, 0.1) is 13.8 Å². The summed E-state index contributed by atoms with van der Waals surface area (Å²) in [5.74, 6) is 1.60. The number of rotatable bonds is 5. The van der Waals surface area contributed by atoms with Gasteiger partial charge >= 0.3 is 0 Å². The number of H-pyrrole nitrogens is 1. The highest BCUT2D eigenvalue weighted by atomic mass is 32.1. The highest BCUT2D eigenvalue weighted by Crippen LogP contribution is 2.32. The molecular weight excluding hydrogens is 346 g/mol. The lowest BCUT2D eigenvalue weighted by molar-refractivity contribution is 0.135. The highest BCUT2D eigenvalue weighted by molar-refractivity contribution is 7.13. The third-order valence-electron chi connectivity index (χ3n) is 4.60. The minimum Gasteiger partial charge on any atom is -0.316 e. The molecule has 0 spiro atoms. The van der Waals surface area contributed by atoms with Gasteiger partial charge in [-0.15, -0.1) is 11.3 Å². The number of thiazole rings is 1. The summed E-state index contributed by atoms with van der Waals surface area (Å²) >= 11 is 1.59. The normalized spacial score (nSPS) is 18.2. The molecule has 3 aromatic rings. The molecule has 1 saturated heterocycles. The van der Waals surface area contributed by atoms with Gasteiger partial charge in [-0.2, -0.15) is 5.10 Å². The number of aryl methyl sites for hydroxylation is 2. The van der Waals surface area contributed by atoms with Crippen LogP contribution in [-0.4, -0.2) is 36.6 Å². The van der Waals surface area contributed by atoms with Gasteiger partial charge in [0.25, 0.3) is 0 Å². The van der Waals surface area contributed by atoms with E-state index in [0.29, 0.717) is 6.04 Å². The maximum absolute atomic E-state index is 4.75. The van der Waals surface area contributed by atoms with Gasteiger partial charge in [0.1, 0.15) is 11.6 Å². The Hall–Kier alpha value is -2.32. The number of aromatic amines is 1. The maximum Gasteiger partial charge on any atom is 0.188 e. The van der Waals surface area contributed by atoms with Gasteiger partial charge in [0.15, 0.2) is 5.13 Å². The van der Waals surface area contributed by atoms with E-state index in [9.17, 15) is 0 Å². The maximum atomic E-state index is 4.75. The van der Waals surface area contributed by atoms with Crippen LogP contribution in [0.15, 0.2) is 23.7 Å². The van der Waals surface area contributed by atoms with Gasteiger partial charge in [0.2, 0.25) is 0 Å². The fraction of sp³-hybridized carbons (Fsp3) is 0.444. The van der Waals surface area contributed by atoms with Crippen LogP contribution in [0.2, 0.25) is 0 Å². The van der Waals surface area contributed by atoms with Crippen molar-refractivity contribution < 1.29 is 0 Å². The molecule has 0 amide bonds. The molecule has 1 aliphatic rings. The van der Waals surface area contributed by atoms with Crippen LogP contribution in [0.1, 0.15) is 48.2 Å². The molecule has 0 bridgehead atoms. The molecule has 7 nitrogen and oxygen atoms in total. The van der Waals surface area contributed by atoms with Crippen molar-refractivity contribution in [2.24, 2.45) is 0 Å². The largest absolute Gasteiger partial charge is 0.316 e. The summed E-state index contributed by atoms with van der Waals surface area (Å²) in [4.78, 5) is 16.2. The molecule has 4 heterocycles. The molecule has 1 fully saturated rings. The van der Waals surface area contributed by atoms with Crippen molar-refractivity contribution in [3.8, 4) is 0 Å². The van der Waals surface area contributed by atoms with Crippen LogP contribution in [0.4, 0.5) is 10.9 Å². The number of anilines is 2. The van der Waals surface area contributed by atoms with Crippen LogP contribution in [0.25, 0.3) is 0 Å². The van der Waals surface area contributed by atoms with Crippen LogP contribution in [0.3, 0.4) is 0 Å². The van der Waals surface area contributed by atoms with Crippen molar-refractivity contribution in [3.63, 3.8) is 0 Å². The second kappa shape index (κ2) is 7.51. The molecule has 136 valence electrons. The molecule has 1 unspecified atom stereocenters. The van der Waals surface area contributed by atoms with Gasteiger partial charge in [-0.05, 0) is 39.3 Å². The fourth-order valence-corrected chi connectivity index (χ4v) is 4.15. The van der Waals surface area contributed by atoms with E-state index >= 15 is 0 Å². The Morgan fingerprint density at radius 1 is 1.27 bits per heavy atom. The van der Waals surface area contributed by atoms with Crippen molar-refractivity contribution in [1.82, 2.24) is 30.0 Å². The summed E-state index contributed by atoms with van der Waals surface area (Å²) in [5.41, 5.74) is 3.23. The van der Waals surface area contributed by atoms with Crippen molar-refractivity contribution >= 4 is 22.3 Å². The third kappa shape index (κ3) is 3.91. The summed E-state index contributed by atoms with van der Waals surface area (Å²) in [6.07, 6.45) is 5.36. The molecular formula is C18H23N7S. The first-order valence-corrected chi connectivity index (χ1v) is 9.82. The Bertz CT molecular complexity index is 858. The molecule has 4 rings (SSSR count). The minimum absolute atomic E-state index is 0.298. The van der Waals surface area contributed by atoms with E-state index < -0.39 is 0 Å². The Kier molecular flexibility index (Phi) is 4.94. The Morgan fingerprint density at radius 3 is 2.96 bits per heavy atom. The summed E-state index contributed by atoms with van der Waals surface area (Å²) < 4.78 is 0. The zero-order chi connectivity index (χ0) is 17.9. The highest BCUT2D eigenvalue weighted by Gasteiger charge is 2.26. The Labute approximate surface area is 156 Å². The van der Waals surface area contributed by atoms with E-state index in [1.807, 2.05) is 25.3 Å². The lowest BCUT2D eigenvalue weighted by Crippen LogP contribution is -2.33. The van der Waals surface area contributed by atoms with E-state index in [1.54, 1.807) is 17.5 Å². The zero-order valence-electron chi connectivity index (χ0n) is 15.1. The smallest absolute Gasteiger partial charge is 0.188 e. The summed E-state index contributed by atoms with van der Waals surface area (Å²) in [7, 11) is 0. The molecule has 1 aliphatic heterocycles. The number of aromatic nitrogens is 5. The van der Waals surface area contributed by atoms with Gasteiger partial charge in [-0.25, -0.2) is 15.0 Å². The second-order valence-corrected chi connectivity index (χ2v) is 7.57. The number of piperidine rings is 1. The monoisotopic (exact) mass is 369 g/mol. The molecule has 8 heteroatoms. The number of hydrogen-bond acceptors (Lipinski definition) is 7. The Balaban J connectivity index is 1.58. The predicted octanol–water partition coefficient (Wildman–Crippen LogP) is 3.74. The topological polar surface area (TPSA) is 82.6 Å². The van der Waals surface area contributed by atoms with Crippen molar-refractivity contribution in [2.45, 2.75) is 45.7 Å². The first-order chi connectivity index (χ1) is 12.7. The van der Waals surface area contributed by atoms with E-state index in [-0.39, 0.29) is 0 Å². The van der Waals surface area contributed by atoms with Crippen LogP contribution in [-0.2, 0) is 6.54 Å². The van der Waals surface area contributed by atoms with Gasteiger partial charge in [-0.1, -0.05) is 6.42 Å². The molecule has 2 N–H and O–H groups in total. The van der Waals surface area contributed by atoms with E-state index in [0.717, 1.165) is 53.4 Å². The Morgan fingerprint density at radius 2 is 2.19 bits per heavy atom.